The third-order valence-electron chi connectivity index (χ3n) is 5.69. The maximum Gasteiger partial charge on any atom is 0.257 e. The third-order valence-corrected chi connectivity index (χ3v) is 7.30. The highest BCUT2D eigenvalue weighted by Crippen LogP contribution is 2.30. The second-order valence-electron chi connectivity index (χ2n) is 8.43. The Bertz CT molecular complexity index is 1400. The van der Waals surface area contributed by atoms with E-state index in [-0.39, 0.29) is 11.7 Å². The summed E-state index contributed by atoms with van der Waals surface area (Å²) in [6.45, 7) is 5.09. The number of carbonyl (C=O) groups is 1. The van der Waals surface area contributed by atoms with Crippen molar-refractivity contribution in [1.29, 1.82) is 0 Å². The fraction of sp³-hybridized carbons (Fsp3) is 0.231. The molecule has 0 saturated heterocycles. The van der Waals surface area contributed by atoms with Gasteiger partial charge in [0.1, 0.15) is 0 Å². The summed E-state index contributed by atoms with van der Waals surface area (Å²) in [6.07, 6.45) is 2.15. The number of hydrogen-bond acceptors (Lipinski definition) is 5. The van der Waals surface area contributed by atoms with Crippen molar-refractivity contribution < 1.29 is 13.2 Å². The molecule has 0 aliphatic rings. The summed E-state index contributed by atoms with van der Waals surface area (Å²) < 4.78 is 25.2. The molecule has 0 fully saturated rings. The molecule has 0 saturated carbocycles. The van der Waals surface area contributed by atoms with E-state index in [1.807, 2.05) is 11.4 Å². The Morgan fingerprint density at radius 2 is 1.74 bits per heavy atom. The van der Waals surface area contributed by atoms with Crippen LogP contribution in [0.5, 0.6) is 0 Å². The molecule has 6 nitrogen and oxygen atoms in total. The fourth-order valence-corrected chi connectivity index (χ4v) is 5.47. The number of aryl methyl sites for hydroxylation is 2. The van der Waals surface area contributed by atoms with Crippen LogP contribution in [-0.4, -0.2) is 30.1 Å². The van der Waals surface area contributed by atoms with E-state index < -0.39 is 9.84 Å². The van der Waals surface area contributed by atoms with Crippen LogP contribution in [-0.2, 0) is 28.6 Å². The molecule has 0 aliphatic heterocycles. The summed E-state index contributed by atoms with van der Waals surface area (Å²) in [7, 11) is -3.12. The molecule has 34 heavy (non-hydrogen) atoms. The SMILES string of the molecule is Cc1cc(-c2csc(NC(=O)c3ccc(CS(C)(=O)=O)cc3)n2)c(C)n1CCc1ccccc1. The lowest BCUT2D eigenvalue weighted by atomic mass is 10.1. The predicted molar refractivity (Wildman–Crippen MR) is 138 cm³/mol. The van der Waals surface area contributed by atoms with Crippen LogP contribution >= 0.6 is 11.3 Å². The highest BCUT2D eigenvalue weighted by molar-refractivity contribution is 7.89. The number of benzene rings is 2. The summed E-state index contributed by atoms with van der Waals surface area (Å²) in [4.78, 5) is 17.3. The van der Waals surface area contributed by atoms with Gasteiger partial charge in [0.15, 0.2) is 15.0 Å². The number of rotatable bonds is 8. The average Bonchev–Trinajstić information content (AvgIpc) is 3.36. The number of thiazole rings is 1. The largest absolute Gasteiger partial charge is 0.348 e. The standard InChI is InChI=1S/C26H27N3O3S2/c1-18-15-23(19(2)29(18)14-13-20-7-5-4-6-8-20)24-16-33-26(27-24)28-25(30)22-11-9-21(10-12-22)17-34(3,31)32/h4-12,15-16H,13-14,17H2,1-3H3,(H,27,28,30). The van der Waals surface area contributed by atoms with E-state index in [0.717, 1.165) is 29.9 Å². The zero-order valence-electron chi connectivity index (χ0n) is 19.4. The minimum Gasteiger partial charge on any atom is -0.348 e. The summed E-state index contributed by atoms with van der Waals surface area (Å²) in [6, 6.07) is 19.2. The lowest BCUT2D eigenvalue weighted by molar-refractivity contribution is 0.102. The number of anilines is 1. The van der Waals surface area contributed by atoms with Crippen molar-refractivity contribution in [2.75, 3.05) is 11.6 Å². The molecule has 4 rings (SSSR count). The van der Waals surface area contributed by atoms with Gasteiger partial charge < -0.3 is 4.57 Å². The summed E-state index contributed by atoms with van der Waals surface area (Å²) in [5, 5.41) is 5.32. The normalized spacial score (nSPS) is 11.5. The molecule has 2 aromatic heterocycles. The van der Waals surface area contributed by atoms with Crippen LogP contribution in [0, 0.1) is 13.8 Å². The molecule has 2 heterocycles. The Kier molecular flexibility index (Phi) is 7.00. The van der Waals surface area contributed by atoms with Crippen molar-refractivity contribution in [1.82, 2.24) is 9.55 Å². The highest BCUT2D eigenvalue weighted by Gasteiger charge is 2.15. The summed E-state index contributed by atoms with van der Waals surface area (Å²) in [5.74, 6) is -0.325. The Morgan fingerprint density at radius 3 is 2.41 bits per heavy atom. The molecule has 0 aliphatic carbocycles. The van der Waals surface area contributed by atoms with Gasteiger partial charge in [-0.15, -0.1) is 11.3 Å². The molecule has 8 heteroatoms. The molecule has 0 bridgehead atoms. The van der Waals surface area contributed by atoms with E-state index in [0.29, 0.717) is 16.3 Å². The van der Waals surface area contributed by atoms with Gasteiger partial charge in [-0.3, -0.25) is 10.1 Å². The molecule has 0 unspecified atom stereocenters. The summed E-state index contributed by atoms with van der Waals surface area (Å²) in [5.41, 5.74) is 6.63. The van der Waals surface area contributed by atoms with Gasteiger partial charge >= 0.3 is 0 Å². The average molecular weight is 494 g/mol. The first-order chi connectivity index (χ1) is 16.2. The monoisotopic (exact) mass is 493 g/mol. The molecule has 0 radical (unpaired) electrons. The van der Waals surface area contributed by atoms with Gasteiger partial charge in [-0.2, -0.15) is 0 Å². The molecule has 176 valence electrons. The third kappa shape index (κ3) is 5.81. The van der Waals surface area contributed by atoms with Gasteiger partial charge in [0.25, 0.3) is 5.91 Å². The van der Waals surface area contributed by atoms with Gasteiger partial charge in [0.05, 0.1) is 11.4 Å². The zero-order valence-corrected chi connectivity index (χ0v) is 21.0. The van der Waals surface area contributed by atoms with Gasteiger partial charge in [0, 0.05) is 40.7 Å². The number of nitrogens with zero attached hydrogens (tertiary/aromatic N) is 2. The van der Waals surface area contributed by atoms with Crippen LogP contribution in [0.1, 0.15) is 32.9 Å². The number of hydrogen-bond donors (Lipinski definition) is 1. The Labute approximate surface area is 204 Å². The highest BCUT2D eigenvalue weighted by atomic mass is 32.2. The minimum absolute atomic E-state index is 0.0471. The van der Waals surface area contributed by atoms with Crippen LogP contribution in [0.2, 0.25) is 0 Å². The molecule has 2 aromatic carbocycles. The molecule has 4 aromatic rings. The Morgan fingerprint density at radius 1 is 1.03 bits per heavy atom. The first-order valence-corrected chi connectivity index (χ1v) is 13.9. The lowest BCUT2D eigenvalue weighted by Crippen LogP contribution is -2.12. The van der Waals surface area contributed by atoms with E-state index in [9.17, 15) is 13.2 Å². The second-order valence-corrected chi connectivity index (χ2v) is 11.4. The molecule has 0 atom stereocenters. The van der Waals surface area contributed by atoms with Crippen molar-refractivity contribution in [3.63, 3.8) is 0 Å². The molecular formula is C26H27N3O3S2. The van der Waals surface area contributed by atoms with Gasteiger partial charge in [-0.25, -0.2) is 13.4 Å². The smallest absolute Gasteiger partial charge is 0.257 e. The van der Waals surface area contributed by atoms with Crippen LogP contribution in [0.25, 0.3) is 11.3 Å². The van der Waals surface area contributed by atoms with Crippen molar-refractivity contribution in [3.8, 4) is 11.3 Å². The first kappa shape index (κ1) is 23.9. The quantitative estimate of drug-likeness (QED) is 0.363. The number of sulfone groups is 1. The minimum atomic E-state index is -3.12. The maximum absolute atomic E-state index is 12.6. The van der Waals surface area contributed by atoms with Gasteiger partial charge in [0.2, 0.25) is 0 Å². The van der Waals surface area contributed by atoms with Crippen molar-refractivity contribution in [3.05, 3.63) is 94.1 Å². The van der Waals surface area contributed by atoms with Gasteiger partial charge in [-0.1, -0.05) is 42.5 Å². The second kappa shape index (κ2) is 9.95. The Balaban J connectivity index is 1.44. The van der Waals surface area contributed by atoms with Crippen molar-refractivity contribution >= 4 is 32.2 Å². The first-order valence-electron chi connectivity index (χ1n) is 10.9. The van der Waals surface area contributed by atoms with E-state index in [1.54, 1.807) is 24.3 Å². The molecular weight excluding hydrogens is 466 g/mol. The van der Waals surface area contributed by atoms with Crippen LogP contribution in [0.4, 0.5) is 5.13 Å². The molecule has 1 amide bonds. The van der Waals surface area contributed by atoms with E-state index >= 15 is 0 Å². The fourth-order valence-electron chi connectivity index (χ4n) is 3.97. The Hall–Kier alpha value is -3.23. The number of aromatic nitrogens is 2. The number of carbonyl (C=O) groups excluding carboxylic acids is 1. The molecule has 0 spiro atoms. The maximum atomic E-state index is 12.6. The number of nitrogens with one attached hydrogen (secondary N) is 1. The molecule has 1 N–H and O–H groups in total. The zero-order chi connectivity index (χ0) is 24.3. The predicted octanol–water partition coefficient (Wildman–Crippen LogP) is 5.27. The lowest BCUT2D eigenvalue weighted by Gasteiger charge is -2.09. The van der Waals surface area contributed by atoms with Crippen LogP contribution in [0.3, 0.4) is 0 Å². The van der Waals surface area contributed by atoms with Gasteiger partial charge in [-0.05, 0) is 49.6 Å². The number of amides is 1. The topological polar surface area (TPSA) is 81.1 Å². The summed E-state index contributed by atoms with van der Waals surface area (Å²) >= 11 is 1.38. The van der Waals surface area contributed by atoms with Crippen LogP contribution < -0.4 is 5.32 Å². The van der Waals surface area contributed by atoms with E-state index in [1.165, 1.54) is 28.8 Å². The van der Waals surface area contributed by atoms with E-state index in [4.69, 9.17) is 0 Å². The van der Waals surface area contributed by atoms with Crippen LogP contribution in [0.15, 0.2) is 66.0 Å². The van der Waals surface area contributed by atoms with Crippen molar-refractivity contribution in [2.24, 2.45) is 0 Å². The van der Waals surface area contributed by atoms with E-state index in [2.05, 4.69) is 59.0 Å². The van der Waals surface area contributed by atoms with Crippen molar-refractivity contribution in [2.45, 2.75) is 32.6 Å².